The van der Waals surface area contributed by atoms with E-state index >= 15 is 0 Å². The maximum atomic E-state index is 6.60. The van der Waals surface area contributed by atoms with Crippen LogP contribution in [0, 0.1) is 0 Å². The molecule has 0 amide bonds. The van der Waals surface area contributed by atoms with Gasteiger partial charge in [0.05, 0.1) is 30.0 Å². The first-order chi connectivity index (χ1) is 14.5. The van der Waals surface area contributed by atoms with Crippen molar-refractivity contribution in [1.29, 1.82) is 0 Å². The molecule has 0 aliphatic heterocycles. The molecular formula is C20H23Cl2N5O2S. The van der Waals surface area contributed by atoms with Crippen LogP contribution in [0.25, 0.3) is 22.2 Å². The second kappa shape index (κ2) is 10.2. The Morgan fingerprint density at radius 2 is 1.77 bits per heavy atom. The Labute approximate surface area is 189 Å². The van der Waals surface area contributed by atoms with Gasteiger partial charge in [-0.2, -0.15) is 11.8 Å². The van der Waals surface area contributed by atoms with E-state index in [1.807, 2.05) is 17.8 Å². The van der Waals surface area contributed by atoms with Gasteiger partial charge in [-0.25, -0.2) is 15.0 Å². The van der Waals surface area contributed by atoms with Crippen molar-refractivity contribution in [1.82, 2.24) is 15.0 Å². The number of fused-ring (bicyclic) bond motifs is 1. The fraction of sp³-hybridized carbons (Fsp3) is 0.350. The Kier molecular flexibility index (Phi) is 7.69. The van der Waals surface area contributed by atoms with Crippen LogP contribution in [0.2, 0.25) is 10.0 Å². The summed E-state index contributed by atoms with van der Waals surface area (Å²) in [5.41, 5.74) is 1.81. The third-order valence-electron chi connectivity index (χ3n) is 4.36. The van der Waals surface area contributed by atoms with Crippen molar-refractivity contribution in [2.75, 3.05) is 50.0 Å². The molecule has 0 saturated heterocycles. The lowest BCUT2D eigenvalue weighted by atomic mass is 10.1. The van der Waals surface area contributed by atoms with Gasteiger partial charge in [-0.3, -0.25) is 0 Å². The lowest BCUT2D eigenvalue weighted by molar-refractivity contribution is 0.395. The number of thioether (sulfide) groups is 1. The molecule has 0 spiro atoms. The molecule has 7 nitrogen and oxygen atoms in total. The van der Waals surface area contributed by atoms with E-state index in [-0.39, 0.29) is 0 Å². The van der Waals surface area contributed by atoms with Crippen LogP contribution >= 0.6 is 35.0 Å². The number of nitrogens with zero attached hydrogens (tertiary/aromatic N) is 3. The highest BCUT2D eigenvalue weighted by Gasteiger charge is 2.21. The Bertz CT molecular complexity index is 1020. The van der Waals surface area contributed by atoms with E-state index in [2.05, 4.69) is 27.5 Å². The van der Waals surface area contributed by atoms with Crippen molar-refractivity contribution in [2.45, 2.75) is 6.92 Å². The number of halogens is 2. The van der Waals surface area contributed by atoms with Gasteiger partial charge >= 0.3 is 0 Å². The van der Waals surface area contributed by atoms with Crippen molar-refractivity contribution in [2.24, 2.45) is 0 Å². The highest BCUT2D eigenvalue weighted by molar-refractivity contribution is 7.99. The molecule has 2 heterocycles. The lowest BCUT2D eigenvalue weighted by Crippen LogP contribution is -2.08. The lowest BCUT2D eigenvalue weighted by Gasteiger charge is -2.16. The maximum absolute atomic E-state index is 6.60. The molecule has 160 valence electrons. The first-order valence-electron chi connectivity index (χ1n) is 9.31. The van der Waals surface area contributed by atoms with Gasteiger partial charge < -0.3 is 20.1 Å². The predicted molar refractivity (Wildman–Crippen MR) is 127 cm³/mol. The third-order valence-corrected chi connectivity index (χ3v) is 6.01. The minimum atomic E-state index is 0.357. The Balaban J connectivity index is 2.20. The fourth-order valence-corrected chi connectivity index (χ4v) is 4.14. The summed E-state index contributed by atoms with van der Waals surface area (Å²) < 4.78 is 10.8. The van der Waals surface area contributed by atoms with Gasteiger partial charge in [0.2, 0.25) is 5.95 Å². The first kappa shape index (κ1) is 22.5. The molecule has 1 aromatic carbocycles. The Morgan fingerprint density at radius 3 is 2.37 bits per heavy atom. The molecule has 0 unspecified atom stereocenters. The molecule has 2 aromatic heterocycles. The quantitative estimate of drug-likeness (QED) is 0.414. The Hall–Kier alpha value is -2.16. The number of benzene rings is 1. The largest absolute Gasteiger partial charge is 0.495 e. The zero-order chi connectivity index (χ0) is 21.7. The van der Waals surface area contributed by atoms with Crippen LogP contribution in [0.3, 0.4) is 0 Å². The summed E-state index contributed by atoms with van der Waals surface area (Å²) in [6, 6.07) is 3.51. The first-order valence-corrected chi connectivity index (χ1v) is 11.2. The average Bonchev–Trinajstić information content (AvgIpc) is 2.76. The van der Waals surface area contributed by atoms with E-state index in [1.165, 1.54) is 14.2 Å². The summed E-state index contributed by atoms with van der Waals surface area (Å²) in [6.45, 7) is 2.87. The minimum Gasteiger partial charge on any atom is -0.495 e. The highest BCUT2D eigenvalue weighted by atomic mass is 35.5. The molecule has 0 bridgehead atoms. The summed E-state index contributed by atoms with van der Waals surface area (Å²) in [5.74, 6) is 4.05. The van der Waals surface area contributed by atoms with E-state index in [1.54, 1.807) is 19.3 Å². The molecular weight excluding hydrogens is 445 g/mol. The standard InChI is InChI=1S/C20H23Cl2N5O2S/c1-5-30-7-6-24-19-18-11(10-25-20(23-2)27-18)8-12(26-19)15-16(21)13(28-3)9-14(29-4)17(15)22/h8-10H,5-7H2,1-4H3,(H,24,26)(H,23,25,27). The second-order valence-corrected chi connectivity index (χ2v) is 8.30. The van der Waals surface area contributed by atoms with Crippen LogP contribution in [0.1, 0.15) is 6.92 Å². The zero-order valence-electron chi connectivity index (χ0n) is 17.2. The van der Waals surface area contributed by atoms with Crippen LogP contribution in [0.4, 0.5) is 11.8 Å². The molecule has 2 N–H and O–H groups in total. The highest BCUT2D eigenvalue weighted by Crippen LogP contribution is 2.46. The van der Waals surface area contributed by atoms with E-state index in [0.29, 0.717) is 50.1 Å². The van der Waals surface area contributed by atoms with Gasteiger partial charge in [0.1, 0.15) is 17.0 Å². The fourth-order valence-electron chi connectivity index (χ4n) is 2.91. The molecule has 3 rings (SSSR count). The van der Waals surface area contributed by atoms with Crippen molar-refractivity contribution < 1.29 is 9.47 Å². The number of pyridine rings is 1. The van der Waals surface area contributed by atoms with Crippen LogP contribution < -0.4 is 20.1 Å². The van der Waals surface area contributed by atoms with Crippen LogP contribution in [0.5, 0.6) is 11.5 Å². The molecule has 0 radical (unpaired) electrons. The van der Waals surface area contributed by atoms with Gasteiger partial charge in [0.15, 0.2) is 5.82 Å². The topological polar surface area (TPSA) is 81.2 Å². The van der Waals surface area contributed by atoms with Crippen molar-refractivity contribution in [3.05, 3.63) is 28.4 Å². The molecule has 3 aromatic rings. The third kappa shape index (κ3) is 4.61. The van der Waals surface area contributed by atoms with E-state index in [4.69, 9.17) is 37.7 Å². The normalized spacial score (nSPS) is 10.9. The van der Waals surface area contributed by atoms with Gasteiger partial charge in [-0.05, 0) is 11.8 Å². The molecule has 0 aliphatic carbocycles. The molecule has 0 fully saturated rings. The van der Waals surface area contributed by atoms with E-state index < -0.39 is 0 Å². The minimum absolute atomic E-state index is 0.357. The number of hydrogen-bond donors (Lipinski definition) is 2. The maximum Gasteiger partial charge on any atom is 0.223 e. The summed E-state index contributed by atoms with van der Waals surface area (Å²) in [4.78, 5) is 13.7. The monoisotopic (exact) mass is 467 g/mol. The number of hydrogen-bond acceptors (Lipinski definition) is 8. The predicted octanol–water partition coefficient (Wildman–Crippen LogP) is 5.22. The van der Waals surface area contributed by atoms with Crippen molar-refractivity contribution >= 4 is 57.6 Å². The van der Waals surface area contributed by atoms with E-state index in [0.717, 1.165) is 23.4 Å². The molecule has 30 heavy (non-hydrogen) atoms. The zero-order valence-corrected chi connectivity index (χ0v) is 19.5. The van der Waals surface area contributed by atoms with Gasteiger partial charge in [-0.15, -0.1) is 0 Å². The number of rotatable bonds is 9. The van der Waals surface area contributed by atoms with Crippen LogP contribution in [-0.2, 0) is 0 Å². The van der Waals surface area contributed by atoms with Crippen LogP contribution in [-0.4, -0.2) is 54.3 Å². The number of anilines is 2. The number of methoxy groups -OCH3 is 2. The summed E-state index contributed by atoms with van der Waals surface area (Å²) >= 11 is 15.1. The molecule has 0 saturated carbocycles. The van der Waals surface area contributed by atoms with Gasteiger partial charge in [0.25, 0.3) is 0 Å². The van der Waals surface area contributed by atoms with E-state index in [9.17, 15) is 0 Å². The molecule has 10 heteroatoms. The van der Waals surface area contributed by atoms with Gasteiger partial charge in [0, 0.05) is 42.6 Å². The Morgan fingerprint density at radius 1 is 1.07 bits per heavy atom. The van der Waals surface area contributed by atoms with Crippen molar-refractivity contribution in [3.63, 3.8) is 0 Å². The summed E-state index contributed by atoms with van der Waals surface area (Å²) in [7, 11) is 4.85. The van der Waals surface area contributed by atoms with Crippen LogP contribution in [0.15, 0.2) is 18.3 Å². The SMILES string of the molecule is CCSCCNc1nc(-c2c(Cl)c(OC)cc(OC)c2Cl)cc2cnc(NC)nc12. The molecule has 0 atom stereocenters. The van der Waals surface area contributed by atoms with Gasteiger partial charge in [-0.1, -0.05) is 30.1 Å². The average molecular weight is 468 g/mol. The number of ether oxygens (including phenoxy) is 2. The number of aromatic nitrogens is 3. The summed E-state index contributed by atoms with van der Waals surface area (Å²) in [5, 5.41) is 7.86. The second-order valence-electron chi connectivity index (χ2n) is 6.15. The molecule has 0 aliphatic rings. The smallest absolute Gasteiger partial charge is 0.223 e. The number of nitrogens with one attached hydrogen (secondary N) is 2. The summed E-state index contributed by atoms with van der Waals surface area (Å²) in [6.07, 6.45) is 1.74. The van der Waals surface area contributed by atoms with Crippen molar-refractivity contribution in [3.8, 4) is 22.8 Å².